The van der Waals surface area contributed by atoms with E-state index in [1.807, 2.05) is 57.2 Å². The first-order chi connectivity index (χ1) is 12.9. The second-order valence-corrected chi connectivity index (χ2v) is 8.28. The van der Waals surface area contributed by atoms with Gasteiger partial charge in [-0.25, -0.2) is 0 Å². The van der Waals surface area contributed by atoms with Gasteiger partial charge < -0.3 is 5.32 Å². The van der Waals surface area contributed by atoms with E-state index in [2.05, 4.69) is 41.5 Å². The molecule has 0 radical (unpaired) electrons. The average molecular weight is 377 g/mol. The van der Waals surface area contributed by atoms with E-state index in [1.54, 1.807) is 18.0 Å². The number of carbonyl (C=O) groups excluding carboxylic acids is 1. The molecule has 0 saturated heterocycles. The van der Waals surface area contributed by atoms with E-state index >= 15 is 0 Å². The van der Waals surface area contributed by atoms with E-state index in [-0.39, 0.29) is 5.91 Å². The largest absolute Gasteiger partial charge is 0.341 e. The summed E-state index contributed by atoms with van der Waals surface area (Å²) in [5.41, 5.74) is 3.11. The zero-order valence-electron chi connectivity index (χ0n) is 16.1. The van der Waals surface area contributed by atoms with E-state index in [9.17, 15) is 4.79 Å². The Morgan fingerprint density at radius 3 is 2.37 bits per heavy atom. The molecule has 0 aliphatic rings. The van der Waals surface area contributed by atoms with E-state index in [4.69, 9.17) is 0 Å². The Balaban J connectivity index is 1.94. The molecule has 1 N–H and O–H groups in total. The van der Waals surface area contributed by atoms with Crippen molar-refractivity contribution in [3.05, 3.63) is 89.2 Å². The number of aryl methyl sites for hydroxylation is 2. The highest BCUT2D eigenvalue weighted by atomic mass is 32.2. The molecule has 1 heterocycles. The van der Waals surface area contributed by atoms with Crippen molar-refractivity contribution in [2.24, 2.45) is 0 Å². The van der Waals surface area contributed by atoms with Crippen molar-refractivity contribution in [3.63, 3.8) is 0 Å². The fourth-order valence-electron chi connectivity index (χ4n) is 3.06. The summed E-state index contributed by atoms with van der Waals surface area (Å²) in [4.78, 5) is 19.7. The average Bonchev–Trinajstić information content (AvgIpc) is 2.62. The molecule has 2 aromatic carbocycles. The first-order valence-corrected chi connectivity index (χ1v) is 9.76. The highest BCUT2D eigenvalue weighted by Crippen LogP contribution is 2.33. The predicted molar refractivity (Wildman–Crippen MR) is 111 cm³/mol. The number of hydrogen-bond donors (Lipinski definition) is 1. The van der Waals surface area contributed by atoms with Crippen LogP contribution in [0.4, 0.5) is 0 Å². The van der Waals surface area contributed by atoms with Crippen LogP contribution in [0.15, 0.2) is 76.7 Å². The van der Waals surface area contributed by atoms with Crippen LogP contribution in [0.2, 0.25) is 0 Å². The molecule has 0 spiro atoms. The van der Waals surface area contributed by atoms with Crippen molar-refractivity contribution in [1.29, 1.82) is 0 Å². The van der Waals surface area contributed by atoms with Gasteiger partial charge in [0.25, 0.3) is 5.91 Å². The van der Waals surface area contributed by atoms with Crippen LogP contribution in [0.1, 0.15) is 41.0 Å². The number of carbonyl (C=O) groups is 1. The zero-order chi connectivity index (χ0) is 19.4. The smallest absolute Gasteiger partial charge is 0.253 e. The molecule has 1 aromatic heterocycles. The van der Waals surface area contributed by atoms with Gasteiger partial charge in [0.05, 0.1) is 16.8 Å². The molecule has 0 bridgehead atoms. The van der Waals surface area contributed by atoms with Crippen LogP contribution >= 0.6 is 11.8 Å². The van der Waals surface area contributed by atoms with Gasteiger partial charge in [0.15, 0.2) is 0 Å². The molecule has 4 heteroatoms. The third-order valence-corrected chi connectivity index (χ3v) is 5.42. The van der Waals surface area contributed by atoms with Gasteiger partial charge in [-0.3, -0.25) is 9.78 Å². The summed E-state index contributed by atoms with van der Waals surface area (Å²) in [6.07, 6.45) is 1.75. The van der Waals surface area contributed by atoms with Gasteiger partial charge >= 0.3 is 0 Å². The van der Waals surface area contributed by atoms with E-state index in [1.165, 1.54) is 0 Å². The van der Waals surface area contributed by atoms with Crippen LogP contribution in [0, 0.1) is 13.8 Å². The van der Waals surface area contributed by atoms with Crippen molar-refractivity contribution in [3.8, 4) is 0 Å². The molecule has 3 nitrogen and oxygen atoms in total. The number of rotatable bonds is 5. The summed E-state index contributed by atoms with van der Waals surface area (Å²) >= 11 is 1.62. The molecule has 27 heavy (non-hydrogen) atoms. The third kappa shape index (κ3) is 4.58. The minimum Gasteiger partial charge on any atom is -0.341 e. The summed E-state index contributed by atoms with van der Waals surface area (Å²) in [5.74, 6) is -0.0819. The fraction of sp³-hybridized carbons (Fsp3) is 0.217. The van der Waals surface area contributed by atoms with Crippen LogP contribution in [0.5, 0.6) is 0 Å². The maximum atomic E-state index is 13.2. The summed E-state index contributed by atoms with van der Waals surface area (Å²) in [6, 6.07) is 20.0. The molecular weight excluding hydrogens is 352 g/mol. The minimum atomic E-state index is -0.565. The summed E-state index contributed by atoms with van der Waals surface area (Å²) in [6.45, 7) is 7.99. The Bertz CT molecular complexity index is 937. The van der Waals surface area contributed by atoms with Crippen molar-refractivity contribution in [1.82, 2.24) is 10.3 Å². The van der Waals surface area contributed by atoms with Gasteiger partial charge in [0, 0.05) is 16.0 Å². The van der Waals surface area contributed by atoms with Gasteiger partial charge in [-0.1, -0.05) is 42.1 Å². The Morgan fingerprint density at radius 1 is 1.00 bits per heavy atom. The number of aromatic nitrogens is 1. The topological polar surface area (TPSA) is 42.0 Å². The monoisotopic (exact) mass is 376 g/mol. The minimum absolute atomic E-state index is 0.0819. The number of hydrogen-bond acceptors (Lipinski definition) is 3. The van der Waals surface area contributed by atoms with E-state index in [0.717, 1.165) is 32.2 Å². The Morgan fingerprint density at radius 2 is 1.70 bits per heavy atom. The molecule has 0 saturated carbocycles. The quantitative estimate of drug-likeness (QED) is 0.638. The van der Waals surface area contributed by atoms with Crippen LogP contribution < -0.4 is 5.32 Å². The van der Waals surface area contributed by atoms with E-state index in [0.29, 0.717) is 0 Å². The molecule has 3 aromatic rings. The SMILES string of the molecule is Cc1cc(C)c(C(=O)NC(C)(C)c2ccccn2)c(Sc2ccccc2)c1. The lowest BCUT2D eigenvalue weighted by molar-refractivity contribution is 0.0906. The summed E-state index contributed by atoms with van der Waals surface area (Å²) in [5, 5.41) is 3.16. The van der Waals surface area contributed by atoms with Crippen molar-refractivity contribution in [2.45, 2.75) is 43.0 Å². The van der Waals surface area contributed by atoms with Crippen LogP contribution in [-0.2, 0) is 5.54 Å². The highest BCUT2D eigenvalue weighted by molar-refractivity contribution is 7.99. The molecule has 0 aliphatic carbocycles. The summed E-state index contributed by atoms with van der Waals surface area (Å²) in [7, 11) is 0. The Labute approximate surface area is 165 Å². The maximum absolute atomic E-state index is 13.2. The van der Waals surface area contributed by atoms with Crippen LogP contribution in [0.25, 0.3) is 0 Å². The van der Waals surface area contributed by atoms with Gasteiger partial charge in [-0.2, -0.15) is 0 Å². The second-order valence-electron chi connectivity index (χ2n) is 7.16. The Hall–Kier alpha value is -2.59. The first kappa shape index (κ1) is 19.2. The van der Waals surface area contributed by atoms with Crippen molar-refractivity contribution in [2.75, 3.05) is 0 Å². The molecule has 1 amide bonds. The van der Waals surface area contributed by atoms with Crippen molar-refractivity contribution >= 4 is 17.7 Å². The van der Waals surface area contributed by atoms with Gasteiger partial charge in [-0.15, -0.1) is 0 Å². The number of pyridine rings is 1. The van der Waals surface area contributed by atoms with Gasteiger partial charge in [0.2, 0.25) is 0 Å². The number of benzene rings is 2. The zero-order valence-corrected chi connectivity index (χ0v) is 16.9. The maximum Gasteiger partial charge on any atom is 0.253 e. The second kappa shape index (κ2) is 7.97. The summed E-state index contributed by atoms with van der Waals surface area (Å²) < 4.78 is 0. The lowest BCUT2D eigenvalue weighted by Crippen LogP contribution is -2.42. The lowest BCUT2D eigenvalue weighted by atomic mass is 9.98. The standard InChI is InChI=1S/C23H24N2OS/c1-16-14-17(2)21(19(15-16)27-18-10-6-5-7-11-18)22(26)25-23(3,4)20-12-8-9-13-24-20/h5-15H,1-4H3,(H,25,26). The van der Waals surface area contributed by atoms with Gasteiger partial charge in [0.1, 0.15) is 0 Å². The lowest BCUT2D eigenvalue weighted by Gasteiger charge is -2.27. The Kier molecular flexibility index (Phi) is 5.66. The van der Waals surface area contributed by atoms with Gasteiger partial charge in [-0.05, 0) is 69.2 Å². The molecular formula is C23H24N2OS. The molecule has 3 rings (SSSR count). The fourth-order valence-corrected chi connectivity index (χ4v) is 4.21. The molecule has 0 unspecified atom stereocenters. The number of amides is 1. The first-order valence-electron chi connectivity index (χ1n) is 8.95. The molecule has 0 atom stereocenters. The van der Waals surface area contributed by atoms with Crippen LogP contribution in [-0.4, -0.2) is 10.9 Å². The van der Waals surface area contributed by atoms with Crippen LogP contribution in [0.3, 0.4) is 0 Å². The molecule has 138 valence electrons. The molecule has 0 aliphatic heterocycles. The van der Waals surface area contributed by atoms with E-state index < -0.39 is 5.54 Å². The molecule has 0 fully saturated rings. The number of nitrogens with zero attached hydrogens (tertiary/aromatic N) is 1. The third-order valence-electron chi connectivity index (χ3n) is 4.37. The highest BCUT2D eigenvalue weighted by Gasteiger charge is 2.27. The normalized spacial score (nSPS) is 11.3. The predicted octanol–water partition coefficient (Wildman–Crippen LogP) is 5.51. The number of nitrogens with one attached hydrogen (secondary N) is 1. The van der Waals surface area contributed by atoms with Crippen molar-refractivity contribution < 1.29 is 4.79 Å².